The van der Waals surface area contributed by atoms with Crippen molar-refractivity contribution < 1.29 is 0 Å². The predicted molar refractivity (Wildman–Crippen MR) is 115 cm³/mol. The summed E-state index contributed by atoms with van der Waals surface area (Å²) in [6.07, 6.45) is 0. The lowest BCUT2D eigenvalue weighted by Crippen LogP contribution is -1.87. The molecular formula is C21H12Cl4N2. The van der Waals surface area contributed by atoms with Gasteiger partial charge in [-0.05, 0) is 12.1 Å². The minimum atomic E-state index is 0.435. The Morgan fingerprint density at radius 3 is 1.89 bits per heavy atom. The zero-order valence-corrected chi connectivity index (χ0v) is 16.8. The Labute approximate surface area is 176 Å². The molecule has 0 fully saturated rings. The van der Waals surface area contributed by atoms with Crippen LogP contribution in [0.25, 0.3) is 33.9 Å². The van der Waals surface area contributed by atoms with Gasteiger partial charge in [-0.2, -0.15) is 0 Å². The van der Waals surface area contributed by atoms with E-state index >= 15 is 0 Å². The minimum absolute atomic E-state index is 0.435. The van der Waals surface area contributed by atoms with Crippen molar-refractivity contribution in [1.29, 1.82) is 0 Å². The molecule has 0 atom stereocenters. The Balaban J connectivity index is 2.00. The molecule has 0 radical (unpaired) electrons. The van der Waals surface area contributed by atoms with Gasteiger partial charge in [-0.25, -0.2) is 4.98 Å². The van der Waals surface area contributed by atoms with Crippen molar-refractivity contribution in [3.05, 3.63) is 86.8 Å². The fraction of sp³-hybridized carbons (Fsp3) is 0. The third-order valence-electron chi connectivity index (χ3n) is 4.18. The van der Waals surface area contributed by atoms with Crippen LogP contribution in [0.4, 0.5) is 0 Å². The van der Waals surface area contributed by atoms with Crippen LogP contribution in [0, 0.1) is 0 Å². The molecule has 0 unspecified atom stereocenters. The van der Waals surface area contributed by atoms with E-state index in [1.165, 1.54) is 0 Å². The molecule has 1 N–H and O–H groups in total. The number of rotatable bonds is 3. The molecule has 4 aromatic rings. The number of aromatic nitrogens is 2. The molecule has 6 heteroatoms. The quantitative estimate of drug-likeness (QED) is 0.348. The van der Waals surface area contributed by atoms with Crippen molar-refractivity contribution in [2.75, 3.05) is 0 Å². The predicted octanol–water partition coefficient (Wildman–Crippen LogP) is 8.02. The summed E-state index contributed by atoms with van der Waals surface area (Å²) >= 11 is 25.4. The van der Waals surface area contributed by atoms with Crippen molar-refractivity contribution in [1.82, 2.24) is 9.97 Å². The zero-order chi connectivity index (χ0) is 19.0. The average molecular weight is 434 g/mol. The molecule has 0 bridgehead atoms. The van der Waals surface area contributed by atoms with Gasteiger partial charge >= 0.3 is 0 Å². The summed E-state index contributed by atoms with van der Waals surface area (Å²) < 4.78 is 0. The first kappa shape index (κ1) is 18.4. The highest BCUT2D eigenvalue weighted by molar-refractivity contribution is 6.44. The van der Waals surface area contributed by atoms with Gasteiger partial charge in [-0.15, -0.1) is 0 Å². The number of halogens is 4. The summed E-state index contributed by atoms with van der Waals surface area (Å²) in [4.78, 5) is 8.17. The first-order chi connectivity index (χ1) is 13.1. The van der Waals surface area contributed by atoms with Gasteiger partial charge in [-0.1, -0.05) is 101 Å². The second-order valence-corrected chi connectivity index (χ2v) is 7.45. The average Bonchev–Trinajstić information content (AvgIpc) is 3.12. The van der Waals surface area contributed by atoms with Crippen LogP contribution >= 0.6 is 46.4 Å². The molecule has 0 aliphatic rings. The molecule has 134 valence electrons. The molecule has 4 rings (SSSR count). The highest BCUT2D eigenvalue weighted by Gasteiger charge is 2.20. The maximum absolute atomic E-state index is 6.47. The van der Waals surface area contributed by atoms with E-state index in [4.69, 9.17) is 51.4 Å². The molecule has 0 spiro atoms. The van der Waals surface area contributed by atoms with Crippen molar-refractivity contribution in [2.24, 2.45) is 0 Å². The summed E-state index contributed by atoms with van der Waals surface area (Å²) in [6, 6.07) is 20.7. The molecule has 0 aliphatic carbocycles. The SMILES string of the molecule is Clc1cccc(-c2nc(-c3ccccc3)[nH]c2-c2cccc(Cl)c2Cl)c1Cl. The standard InChI is InChI=1S/C21H12Cl4N2/c22-15-10-4-8-13(17(15)24)19-20(14-9-5-11-16(23)18(14)25)27-21(26-19)12-6-2-1-3-7-12/h1-11H,(H,26,27). The Morgan fingerprint density at radius 2 is 1.22 bits per heavy atom. The van der Waals surface area contributed by atoms with Crippen LogP contribution in [-0.4, -0.2) is 9.97 Å². The van der Waals surface area contributed by atoms with E-state index in [0.29, 0.717) is 37.2 Å². The van der Waals surface area contributed by atoms with Gasteiger partial charge < -0.3 is 4.98 Å². The highest BCUT2D eigenvalue weighted by Crippen LogP contribution is 2.42. The highest BCUT2D eigenvalue weighted by atomic mass is 35.5. The summed E-state index contributed by atoms with van der Waals surface area (Å²) in [7, 11) is 0. The molecule has 0 saturated carbocycles. The Morgan fingerprint density at radius 1 is 0.630 bits per heavy atom. The van der Waals surface area contributed by atoms with Crippen LogP contribution < -0.4 is 0 Å². The molecule has 1 heterocycles. The van der Waals surface area contributed by atoms with Crippen molar-refractivity contribution in [3.8, 4) is 33.9 Å². The second-order valence-electron chi connectivity index (χ2n) is 5.88. The van der Waals surface area contributed by atoms with E-state index in [0.717, 1.165) is 16.8 Å². The summed E-state index contributed by atoms with van der Waals surface area (Å²) in [5.41, 5.74) is 3.79. The van der Waals surface area contributed by atoms with E-state index < -0.39 is 0 Å². The summed E-state index contributed by atoms with van der Waals surface area (Å²) in [5.74, 6) is 0.702. The minimum Gasteiger partial charge on any atom is -0.337 e. The van der Waals surface area contributed by atoms with Gasteiger partial charge in [0.1, 0.15) is 5.82 Å². The molecule has 2 nitrogen and oxygen atoms in total. The molecule has 0 aliphatic heterocycles. The van der Waals surface area contributed by atoms with Crippen LogP contribution in [0.2, 0.25) is 20.1 Å². The van der Waals surface area contributed by atoms with Gasteiger partial charge in [0.15, 0.2) is 0 Å². The number of nitrogens with one attached hydrogen (secondary N) is 1. The largest absolute Gasteiger partial charge is 0.337 e. The number of hydrogen-bond acceptors (Lipinski definition) is 1. The van der Waals surface area contributed by atoms with Gasteiger partial charge in [0, 0.05) is 16.7 Å². The summed E-state index contributed by atoms with van der Waals surface area (Å²) in [5, 5.41) is 1.81. The van der Waals surface area contributed by atoms with Gasteiger partial charge in [0.2, 0.25) is 0 Å². The first-order valence-electron chi connectivity index (χ1n) is 8.10. The van der Waals surface area contributed by atoms with Crippen molar-refractivity contribution >= 4 is 46.4 Å². The van der Waals surface area contributed by atoms with Gasteiger partial charge in [0.25, 0.3) is 0 Å². The first-order valence-corrected chi connectivity index (χ1v) is 9.61. The Hall–Kier alpha value is -1.97. The van der Waals surface area contributed by atoms with Crippen molar-refractivity contribution in [3.63, 3.8) is 0 Å². The number of benzene rings is 3. The van der Waals surface area contributed by atoms with Crippen LogP contribution in [0.15, 0.2) is 66.7 Å². The summed E-state index contributed by atoms with van der Waals surface area (Å²) in [6.45, 7) is 0. The smallest absolute Gasteiger partial charge is 0.138 e. The molecule has 1 aromatic heterocycles. The van der Waals surface area contributed by atoms with Gasteiger partial charge in [-0.3, -0.25) is 0 Å². The fourth-order valence-electron chi connectivity index (χ4n) is 2.88. The van der Waals surface area contributed by atoms with Crippen LogP contribution in [0.3, 0.4) is 0 Å². The van der Waals surface area contributed by atoms with Crippen molar-refractivity contribution in [2.45, 2.75) is 0 Å². The fourth-order valence-corrected chi connectivity index (χ4v) is 3.66. The number of hydrogen-bond donors (Lipinski definition) is 1. The number of aromatic amines is 1. The van der Waals surface area contributed by atoms with Crippen LogP contribution in [0.5, 0.6) is 0 Å². The monoisotopic (exact) mass is 432 g/mol. The van der Waals surface area contributed by atoms with Crippen LogP contribution in [-0.2, 0) is 0 Å². The molecule has 27 heavy (non-hydrogen) atoms. The number of H-pyrrole nitrogens is 1. The number of nitrogens with zero attached hydrogens (tertiary/aromatic N) is 1. The topological polar surface area (TPSA) is 28.7 Å². The Kier molecular flexibility index (Phi) is 5.16. The van der Waals surface area contributed by atoms with E-state index in [2.05, 4.69) is 4.98 Å². The maximum atomic E-state index is 6.47. The third-order valence-corrected chi connectivity index (χ3v) is 5.82. The lowest BCUT2D eigenvalue weighted by Gasteiger charge is -2.08. The molecule has 3 aromatic carbocycles. The molecule has 0 amide bonds. The molecule has 0 saturated heterocycles. The lowest BCUT2D eigenvalue weighted by atomic mass is 10.0. The normalized spacial score (nSPS) is 11.0. The lowest BCUT2D eigenvalue weighted by molar-refractivity contribution is 1.31. The third kappa shape index (κ3) is 3.46. The number of imidazole rings is 1. The van der Waals surface area contributed by atoms with Crippen LogP contribution in [0.1, 0.15) is 0 Å². The van der Waals surface area contributed by atoms with E-state index in [1.807, 2.05) is 54.6 Å². The van der Waals surface area contributed by atoms with E-state index in [-0.39, 0.29) is 0 Å². The van der Waals surface area contributed by atoms with Gasteiger partial charge in [0.05, 0.1) is 31.5 Å². The van der Waals surface area contributed by atoms with E-state index in [9.17, 15) is 0 Å². The van der Waals surface area contributed by atoms with E-state index in [1.54, 1.807) is 12.1 Å². The zero-order valence-electron chi connectivity index (χ0n) is 13.8. The molecular weight excluding hydrogens is 422 g/mol. The Bertz CT molecular complexity index is 1050. The maximum Gasteiger partial charge on any atom is 0.138 e. The second kappa shape index (κ2) is 7.57.